The maximum atomic E-state index is 10.8. The number of carbonyl (C=O) groups is 1. The Morgan fingerprint density at radius 3 is 2.70 bits per heavy atom. The molecule has 2 nitrogen and oxygen atoms in total. The quantitative estimate of drug-likeness (QED) is 0.357. The highest BCUT2D eigenvalue weighted by Gasteiger charge is 2.01. The summed E-state index contributed by atoms with van der Waals surface area (Å²) in [5.41, 5.74) is 0.637. The number of esters is 1. The van der Waals surface area contributed by atoms with E-state index in [0.29, 0.717) is 12.2 Å². The van der Waals surface area contributed by atoms with Crippen LogP contribution in [-0.4, -0.2) is 12.6 Å². The molecule has 0 aromatic carbocycles. The van der Waals surface area contributed by atoms with Crippen LogP contribution in [0.5, 0.6) is 0 Å². The van der Waals surface area contributed by atoms with Crippen LogP contribution in [-0.2, 0) is 9.53 Å². The molecule has 0 aromatic heterocycles. The molecule has 0 saturated heterocycles. The van der Waals surface area contributed by atoms with Crippen LogP contribution in [0.4, 0.5) is 0 Å². The lowest BCUT2D eigenvalue weighted by Gasteiger charge is -2.00. The summed E-state index contributed by atoms with van der Waals surface area (Å²) < 4.78 is 4.82. The van der Waals surface area contributed by atoms with Gasteiger partial charge in [-0.1, -0.05) is 12.7 Å². The molecule has 10 heavy (non-hydrogen) atoms. The zero-order valence-corrected chi connectivity index (χ0v) is 7.54. The Balaban J connectivity index is 3.63. The van der Waals surface area contributed by atoms with E-state index < -0.39 is 0 Å². The lowest BCUT2D eigenvalue weighted by Crippen LogP contribution is -2.05. The number of ether oxygens (including phenoxy) is 1. The lowest BCUT2D eigenvalue weighted by molar-refractivity contribution is -0.138. The second kappa shape index (κ2) is 5.43. The van der Waals surface area contributed by atoms with Crippen LogP contribution in [0.1, 0.15) is 20.3 Å². The molecule has 0 aliphatic carbocycles. The molecule has 0 bridgehead atoms. The van der Waals surface area contributed by atoms with Crippen molar-refractivity contribution in [2.24, 2.45) is 0 Å². The fraction of sp³-hybridized carbons (Fsp3) is 0.571. The Morgan fingerprint density at radius 2 is 2.30 bits per heavy atom. The molecule has 0 aliphatic heterocycles. The molecule has 1 atom stereocenters. The Bertz CT molecular complexity index is 141. The monoisotopic (exact) mass is 160 g/mol. The molecule has 0 rings (SSSR count). The molecule has 0 radical (unpaired) electrons. The van der Waals surface area contributed by atoms with E-state index >= 15 is 0 Å². The van der Waals surface area contributed by atoms with Gasteiger partial charge in [0.15, 0.2) is 0 Å². The summed E-state index contributed by atoms with van der Waals surface area (Å²) >= 11 is 0. The maximum absolute atomic E-state index is 10.8. The highest BCUT2D eigenvalue weighted by molar-refractivity contribution is 7.20. The van der Waals surface area contributed by atoms with Crippen molar-refractivity contribution in [3.8, 4) is 0 Å². The topological polar surface area (TPSA) is 26.3 Å². The van der Waals surface area contributed by atoms with Crippen molar-refractivity contribution in [1.82, 2.24) is 0 Å². The van der Waals surface area contributed by atoms with E-state index in [9.17, 15) is 4.79 Å². The minimum Gasteiger partial charge on any atom is -0.462 e. The summed E-state index contributed by atoms with van der Waals surface area (Å²) in [7, 11) is 2.37. The smallest absolute Gasteiger partial charge is 0.333 e. The molecule has 58 valence electrons. The van der Waals surface area contributed by atoms with E-state index in [1.165, 1.54) is 0 Å². The van der Waals surface area contributed by atoms with Gasteiger partial charge in [-0.2, -0.15) is 0 Å². The molecule has 0 aliphatic rings. The Kier molecular flexibility index (Phi) is 5.23. The third-order valence-electron chi connectivity index (χ3n) is 1.01. The van der Waals surface area contributed by atoms with Crippen LogP contribution in [0.15, 0.2) is 11.4 Å². The van der Waals surface area contributed by atoms with Gasteiger partial charge in [0, 0.05) is 5.57 Å². The average Bonchev–Trinajstić information content (AvgIpc) is 1.98. The first-order valence-corrected chi connectivity index (χ1v) is 3.94. The van der Waals surface area contributed by atoms with Gasteiger partial charge in [0.1, 0.15) is 0 Å². The normalized spacial score (nSPS) is 11.3. The van der Waals surface area contributed by atoms with Crippen molar-refractivity contribution in [3.05, 3.63) is 11.4 Å². The van der Waals surface area contributed by atoms with Crippen LogP contribution < -0.4 is 0 Å². The van der Waals surface area contributed by atoms with Crippen molar-refractivity contribution < 1.29 is 9.53 Å². The first-order valence-electron chi connectivity index (χ1n) is 3.28. The average molecular weight is 160 g/mol. The zero-order valence-electron chi connectivity index (χ0n) is 6.39. The summed E-state index contributed by atoms with van der Waals surface area (Å²) in [5, 5.41) is 0. The maximum Gasteiger partial charge on any atom is 0.333 e. The SMILES string of the molecule is CCCOC(=O)/C(C)=C/P. The van der Waals surface area contributed by atoms with Gasteiger partial charge in [-0.25, -0.2) is 4.79 Å². The second-order valence-electron chi connectivity index (χ2n) is 1.99. The van der Waals surface area contributed by atoms with Gasteiger partial charge < -0.3 is 4.74 Å². The van der Waals surface area contributed by atoms with Gasteiger partial charge >= 0.3 is 5.97 Å². The van der Waals surface area contributed by atoms with Gasteiger partial charge in [-0.05, 0) is 13.3 Å². The van der Waals surface area contributed by atoms with Gasteiger partial charge in [0.2, 0.25) is 0 Å². The summed E-state index contributed by atoms with van der Waals surface area (Å²) in [4.78, 5) is 10.8. The highest BCUT2D eigenvalue weighted by Crippen LogP contribution is 2.00. The summed E-state index contributed by atoms with van der Waals surface area (Å²) in [6, 6.07) is 0. The molecular weight excluding hydrogens is 147 g/mol. The lowest BCUT2D eigenvalue weighted by atomic mass is 10.4. The zero-order chi connectivity index (χ0) is 7.98. The van der Waals surface area contributed by atoms with E-state index in [2.05, 4.69) is 9.24 Å². The Hall–Kier alpha value is -0.360. The fourth-order valence-electron chi connectivity index (χ4n) is 0.377. The molecule has 0 aromatic rings. The Labute approximate surface area is 63.8 Å². The van der Waals surface area contributed by atoms with Crippen molar-refractivity contribution in [1.29, 1.82) is 0 Å². The first-order chi connectivity index (χ1) is 4.72. The second-order valence-corrected chi connectivity index (χ2v) is 2.32. The standard InChI is InChI=1S/C7H13O2P/c1-3-4-9-7(8)6(2)5-10/h5H,3-4,10H2,1-2H3/b6-5+. The first kappa shape index (κ1) is 9.64. The molecule has 0 spiro atoms. The predicted molar refractivity (Wildman–Crippen MR) is 44.7 cm³/mol. The largest absolute Gasteiger partial charge is 0.462 e. The summed E-state index contributed by atoms with van der Waals surface area (Å²) in [6.45, 7) is 4.20. The number of rotatable bonds is 3. The minimum atomic E-state index is -0.225. The fourth-order valence-corrected chi connectivity index (χ4v) is 0.513. The van der Waals surface area contributed by atoms with Crippen LogP contribution in [0, 0.1) is 0 Å². The van der Waals surface area contributed by atoms with Crippen LogP contribution in [0.3, 0.4) is 0 Å². The van der Waals surface area contributed by atoms with E-state index in [0.717, 1.165) is 6.42 Å². The highest BCUT2D eigenvalue weighted by atomic mass is 31.0. The molecule has 3 heteroatoms. The van der Waals surface area contributed by atoms with Crippen molar-refractivity contribution in [3.63, 3.8) is 0 Å². The Morgan fingerprint density at radius 1 is 1.70 bits per heavy atom. The third-order valence-corrected chi connectivity index (χ3v) is 1.51. The number of hydrogen-bond acceptors (Lipinski definition) is 2. The molecular formula is C7H13O2P. The molecule has 0 N–H and O–H groups in total. The number of hydrogen-bond donors (Lipinski definition) is 0. The molecule has 0 amide bonds. The molecule has 0 saturated carbocycles. The summed E-state index contributed by atoms with van der Waals surface area (Å²) in [5.74, 6) is 1.44. The van der Waals surface area contributed by atoms with Gasteiger partial charge in [-0.15, -0.1) is 9.24 Å². The van der Waals surface area contributed by atoms with Gasteiger partial charge in [-0.3, -0.25) is 0 Å². The molecule has 0 fully saturated rings. The molecule has 1 unspecified atom stereocenters. The third kappa shape index (κ3) is 3.62. The van der Waals surface area contributed by atoms with Crippen molar-refractivity contribution >= 4 is 15.2 Å². The van der Waals surface area contributed by atoms with Crippen LogP contribution in [0.25, 0.3) is 0 Å². The summed E-state index contributed by atoms with van der Waals surface area (Å²) in [6.07, 6.45) is 0.871. The van der Waals surface area contributed by atoms with Gasteiger partial charge in [0.05, 0.1) is 6.61 Å². The van der Waals surface area contributed by atoms with E-state index in [-0.39, 0.29) is 5.97 Å². The van der Waals surface area contributed by atoms with Gasteiger partial charge in [0.25, 0.3) is 0 Å². The van der Waals surface area contributed by atoms with E-state index in [1.54, 1.807) is 12.7 Å². The van der Waals surface area contributed by atoms with Crippen molar-refractivity contribution in [2.75, 3.05) is 6.61 Å². The van der Waals surface area contributed by atoms with Crippen LogP contribution >= 0.6 is 9.24 Å². The minimum absolute atomic E-state index is 0.225. The van der Waals surface area contributed by atoms with E-state index in [4.69, 9.17) is 4.74 Å². The van der Waals surface area contributed by atoms with Crippen molar-refractivity contribution in [2.45, 2.75) is 20.3 Å². The van der Waals surface area contributed by atoms with E-state index in [1.807, 2.05) is 6.92 Å². The molecule has 0 heterocycles. The predicted octanol–water partition coefficient (Wildman–Crippen LogP) is 1.72. The number of carbonyl (C=O) groups excluding carboxylic acids is 1. The van der Waals surface area contributed by atoms with Crippen LogP contribution in [0.2, 0.25) is 0 Å².